The van der Waals surface area contributed by atoms with Gasteiger partial charge in [0.1, 0.15) is 5.82 Å². The van der Waals surface area contributed by atoms with Crippen molar-refractivity contribution in [3.63, 3.8) is 0 Å². The van der Waals surface area contributed by atoms with Crippen LogP contribution in [0.2, 0.25) is 0 Å². The second-order valence-corrected chi connectivity index (χ2v) is 6.76. The van der Waals surface area contributed by atoms with Crippen molar-refractivity contribution in [3.8, 4) is 11.1 Å². The molecule has 0 aliphatic carbocycles. The normalized spacial score (nSPS) is 13.1. The summed E-state index contributed by atoms with van der Waals surface area (Å²) in [5.74, 6) is 0.967. The topological polar surface area (TPSA) is 37.4 Å². The first-order valence-electron chi connectivity index (χ1n) is 9.53. The van der Waals surface area contributed by atoms with E-state index in [9.17, 15) is 0 Å². The Bertz CT molecular complexity index is 878. The fraction of sp³-hybridized carbons (Fsp3) is 0.261. The van der Waals surface area contributed by atoms with Crippen molar-refractivity contribution in [2.45, 2.75) is 20.1 Å². The molecule has 3 aromatic rings. The Kier molecular flexibility index (Phi) is 5.35. The number of hydrogen-bond acceptors (Lipinski definition) is 4. The fourth-order valence-corrected chi connectivity index (χ4v) is 3.40. The summed E-state index contributed by atoms with van der Waals surface area (Å²) in [4.78, 5) is 7.09. The minimum atomic E-state index is 0.661. The SMILES string of the molecule is CCOCc1ccc(-c2cnc3c(c2)N(Cc2ccccc2)CCN3)cc1. The molecule has 4 nitrogen and oxygen atoms in total. The van der Waals surface area contributed by atoms with Crippen molar-refractivity contribution in [1.29, 1.82) is 0 Å². The van der Waals surface area contributed by atoms with E-state index in [1.54, 1.807) is 0 Å². The van der Waals surface area contributed by atoms with Gasteiger partial charge >= 0.3 is 0 Å². The molecular formula is C23H25N3O. The lowest BCUT2D eigenvalue weighted by atomic mass is 10.0. The van der Waals surface area contributed by atoms with Crippen molar-refractivity contribution in [2.24, 2.45) is 0 Å². The molecule has 4 heteroatoms. The van der Waals surface area contributed by atoms with Gasteiger partial charge in [-0.2, -0.15) is 0 Å². The van der Waals surface area contributed by atoms with Gasteiger partial charge in [-0.05, 0) is 29.7 Å². The molecule has 0 radical (unpaired) electrons. The second-order valence-electron chi connectivity index (χ2n) is 6.76. The van der Waals surface area contributed by atoms with Gasteiger partial charge in [-0.3, -0.25) is 0 Å². The zero-order valence-electron chi connectivity index (χ0n) is 15.7. The maximum Gasteiger partial charge on any atom is 0.149 e. The molecule has 4 rings (SSSR count). The maximum atomic E-state index is 5.48. The fourth-order valence-electron chi connectivity index (χ4n) is 3.40. The molecule has 0 saturated heterocycles. The summed E-state index contributed by atoms with van der Waals surface area (Å²) in [5, 5.41) is 3.42. The van der Waals surface area contributed by atoms with Gasteiger partial charge in [-0.25, -0.2) is 4.98 Å². The summed E-state index contributed by atoms with van der Waals surface area (Å²) in [5.41, 5.74) is 5.99. The first kappa shape index (κ1) is 17.6. The Morgan fingerprint density at radius 2 is 1.81 bits per heavy atom. The van der Waals surface area contributed by atoms with Crippen LogP contribution in [0, 0.1) is 0 Å². The van der Waals surface area contributed by atoms with Crippen LogP contribution in [-0.4, -0.2) is 24.7 Å². The van der Waals surface area contributed by atoms with Crippen LogP contribution in [-0.2, 0) is 17.9 Å². The van der Waals surface area contributed by atoms with Crippen LogP contribution in [0.15, 0.2) is 66.9 Å². The molecule has 2 aromatic carbocycles. The standard InChI is InChI=1S/C23H25N3O/c1-2-27-17-19-8-10-20(11-9-19)21-14-22-23(25-15-21)24-12-13-26(22)16-18-6-4-3-5-7-18/h3-11,14-15H,2,12-13,16-17H2,1H3,(H,24,25). The van der Waals surface area contributed by atoms with E-state index in [0.29, 0.717) is 6.61 Å². The Balaban J connectivity index is 1.58. The highest BCUT2D eigenvalue weighted by Gasteiger charge is 2.18. The zero-order valence-corrected chi connectivity index (χ0v) is 15.7. The summed E-state index contributed by atoms with van der Waals surface area (Å²) in [6.45, 7) is 6.20. The van der Waals surface area contributed by atoms with Crippen LogP contribution in [0.3, 0.4) is 0 Å². The molecule has 1 aliphatic heterocycles. The van der Waals surface area contributed by atoms with Gasteiger partial charge in [0.15, 0.2) is 0 Å². The third kappa shape index (κ3) is 4.12. The highest BCUT2D eigenvalue weighted by Crippen LogP contribution is 2.32. The largest absolute Gasteiger partial charge is 0.377 e. The zero-order chi connectivity index (χ0) is 18.5. The van der Waals surface area contributed by atoms with E-state index in [1.165, 1.54) is 22.4 Å². The number of hydrogen-bond donors (Lipinski definition) is 1. The number of aromatic nitrogens is 1. The molecule has 0 fully saturated rings. The van der Waals surface area contributed by atoms with Crippen molar-refractivity contribution in [3.05, 3.63) is 78.0 Å². The number of fused-ring (bicyclic) bond motifs is 1. The number of nitrogens with one attached hydrogen (secondary N) is 1. The molecule has 0 spiro atoms. The lowest BCUT2D eigenvalue weighted by Gasteiger charge is -2.31. The van der Waals surface area contributed by atoms with Gasteiger partial charge in [-0.1, -0.05) is 54.6 Å². The lowest BCUT2D eigenvalue weighted by Crippen LogP contribution is -2.34. The van der Waals surface area contributed by atoms with E-state index < -0.39 is 0 Å². The maximum absolute atomic E-state index is 5.48. The second kappa shape index (κ2) is 8.23. The minimum absolute atomic E-state index is 0.661. The molecule has 0 amide bonds. The highest BCUT2D eigenvalue weighted by atomic mass is 16.5. The van der Waals surface area contributed by atoms with Gasteiger partial charge < -0.3 is 15.0 Å². The van der Waals surface area contributed by atoms with Gasteiger partial charge in [0, 0.05) is 38.0 Å². The van der Waals surface area contributed by atoms with Crippen molar-refractivity contribution in [1.82, 2.24) is 4.98 Å². The Labute approximate surface area is 160 Å². The van der Waals surface area contributed by atoms with Crippen LogP contribution in [0.5, 0.6) is 0 Å². The molecule has 27 heavy (non-hydrogen) atoms. The van der Waals surface area contributed by atoms with Crippen LogP contribution >= 0.6 is 0 Å². The number of ether oxygens (including phenoxy) is 1. The molecule has 138 valence electrons. The summed E-state index contributed by atoms with van der Waals surface area (Å²) in [7, 11) is 0. The van der Waals surface area contributed by atoms with Gasteiger partial charge in [0.2, 0.25) is 0 Å². The van der Waals surface area contributed by atoms with Crippen LogP contribution in [0.25, 0.3) is 11.1 Å². The number of benzene rings is 2. The summed E-state index contributed by atoms with van der Waals surface area (Å²) >= 11 is 0. The number of pyridine rings is 1. The monoisotopic (exact) mass is 359 g/mol. The quantitative estimate of drug-likeness (QED) is 0.691. The molecule has 1 aliphatic rings. The number of nitrogens with zero attached hydrogens (tertiary/aromatic N) is 2. The van der Waals surface area contributed by atoms with E-state index in [4.69, 9.17) is 4.74 Å². The van der Waals surface area contributed by atoms with Gasteiger partial charge in [0.25, 0.3) is 0 Å². The van der Waals surface area contributed by atoms with Gasteiger partial charge in [0.05, 0.1) is 12.3 Å². The van der Waals surface area contributed by atoms with Crippen molar-refractivity contribution >= 4 is 11.5 Å². The summed E-state index contributed by atoms with van der Waals surface area (Å²) < 4.78 is 5.48. The molecule has 0 atom stereocenters. The Morgan fingerprint density at radius 3 is 2.59 bits per heavy atom. The average molecular weight is 359 g/mol. The highest BCUT2D eigenvalue weighted by molar-refractivity contribution is 5.76. The predicted octanol–water partition coefficient (Wildman–Crippen LogP) is 4.72. The van der Waals surface area contributed by atoms with Crippen LogP contribution < -0.4 is 10.2 Å². The summed E-state index contributed by atoms with van der Waals surface area (Å²) in [6.07, 6.45) is 1.95. The summed E-state index contributed by atoms with van der Waals surface area (Å²) in [6, 6.07) is 21.4. The van der Waals surface area contributed by atoms with E-state index in [0.717, 1.165) is 37.6 Å². The Morgan fingerprint density at radius 1 is 1.00 bits per heavy atom. The molecule has 0 saturated carbocycles. The predicted molar refractivity (Wildman–Crippen MR) is 111 cm³/mol. The van der Waals surface area contributed by atoms with E-state index in [-0.39, 0.29) is 0 Å². The first-order valence-corrected chi connectivity index (χ1v) is 9.53. The van der Waals surface area contributed by atoms with E-state index in [2.05, 4.69) is 75.9 Å². The molecule has 0 bridgehead atoms. The smallest absolute Gasteiger partial charge is 0.149 e. The number of rotatable bonds is 6. The van der Waals surface area contributed by atoms with Crippen LogP contribution in [0.4, 0.5) is 11.5 Å². The molecule has 2 heterocycles. The third-order valence-electron chi connectivity index (χ3n) is 4.86. The molecule has 1 aromatic heterocycles. The number of anilines is 2. The Hall–Kier alpha value is -2.85. The van der Waals surface area contributed by atoms with Crippen molar-refractivity contribution < 1.29 is 4.74 Å². The molecule has 0 unspecified atom stereocenters. The van der Waals surface area contributed by atoms with E-state index in [1.807, 2.05) is 13.1 Å². The average Bonchev–Trinajstić information content (AvgIpc) is 2.73. The first-order chi connectivity index (χ1) is 13.3. The lowest BCUT2D eigenvalue weighted by molar-refractivity contribution is 0.134. The third-order valence-corrected chi connectivity index (χ3v) is 4.86. The van der Waals surface area contributed by atoms with E-state index >= 15 is 0 Å². The van der Waals surface area contributed by atoms with Gasteiger partial charge in [-0.15, -0.1) is 0 Å². The van der Waals surface area contributed by atoms with Crippen LogP contribution in [0.1, 0.15) is 18.1 Å². The molecular weight excluding hydrogens is 334 g/mol. The molecule has 1 N–H and O–H groups in total. The minimum Gasteiger partial charge on any atom is -0.377 e. The van der Waals surface area contributed by atoms with Crippen molar-refractivity contribution in [2.75, 3.05) is 29.9 Å².